The molecule has 1 unspecified atom stereocenters. The Morgan fingerprint density at radius 3 is 2.45 bits per heavy atom. The second kappa shape index (κ2) is 5.57. The normalized spacial score (nSPS) is 24.8. The Morgan fingerprint density at radius 1 is 1.00 bits per heavy atom. The van der Waals surface area contributed by atoms with Crippen LogP contribution in [0, 0.1) is 18.8 Å². The van der Waals surface area contributed by atoms with Gasteiger partial charge in [0.15, 0.2) is 0 Å². The number of benzene rings is 2. The first-order valence-corrected chi connectivity index (χ1v) is 7.83. The summed E-state index contributed by atoms with van der Waals surface area (Å²) in [6, 6.07) is 12.7. The third kappa shape index (κ3) is 2.47. The van der Waals surface area contributed by atoms with E-state index in [2.05, 4.69) is 50.2 Å². The van der Waals surface area contributed by atoms with E-state index in [1.165, 1.54) is 29.2 Å². The lowest BCUT2D eigenvalue weighted by Crippen LogP contribution is -2.20. The van der Waals surface area contributed by atoms with Crippen molar-refractivity contribution in [1.29, 1.82) is 0 Å². The molecule has 1 aliphatic rings. The molecule has 0 aliphatic heterocycles. The van der Waals surface area contributed by atoms with Crippen molar-refractivity contribution in [3.8, 4) is 0 Å². The van der Waals surface area contributed by atoms with E-state index in [-0.39, 0.29) is 6.10 Å². The van der Waals surface area contributed by atoms with Gasteiger partial charge in [-0.3, -0.25) is 0 Å². The highest BCUT2D eigenvalue weighted by molar-refractivity contribution is 5.87. The Balaban J connectivity index is 1.98. The van der Waals surface area contributed by atoms with E-state index in [9.17, 15) is 5.11 Å². The van der Waals surface area contributed by atoms with Gasteiger partial charge in [-0.25, -0.2) is 0 Å². The van der Waals surface area contributed by atoms with Crippen LogP contribution in [0.2, 0.25) is 0 Å². The van der Waals surface area contributed by atoms with Crippen LogP contribution >= 0.6 is 0 Å². The highest BCUT2D eigenvalue weighted by Gasteiger charge is 2.27. The lowest BCUT2D eigenvalue weighted by atomic mass is 9.77. The average Bonchev–Trinajstić information content (AvgIpc) is 2.47. The number of aliphatic hydroxyl groups excluding tert-OH is 1. The van der Waals surface area contributed by atoms with Gasteiger partial charge >= 0.3 is 0 Å². The zero-order valence-electron chi connectivity index (χ0n) is 12.5. The maximum absolute atomic E-state index is 10.9. The summed E-state index contributed by atoms with van der Waals surface area (Å²) in [5.74, 6) is 1.25. The number of aryl methyl sites for hydroxylation is 1. The van der Waals surface area contributed by atoms with Crippen molar-refractivity contribution in [3.63, 3.8) is 0 Å². The summed E-state index contributed by atoms with van der Waals surface area (Å²) >= 11 is 0. The molecule has 0 radical (unpaired) electrons. The minimum absolute atomic E-state index is 0.311. The van der Waals surface area contributed by atoms with Crippen molar-refractivity contribution in [1.82, 2.24) is 0 Å². The minimum atomic E-state index is -0.311. The van der Waals surface area contributed by atoms with E-state index in [0.29, 0.717) is 5.92 Å². The molecule has 1 fully saturated rings. The van der Waals surface area contributed by atoms with Crippen molar-refractivity contribution in [3.05, 3.63) is 47.5 Å². The highest BCUT2D eigenvalue weighted by atomic mass is 16.3. The zero-order chi connectivity index (χ0) is 14.1. The summed E-state index contributed by atoms with van der Waals surface area (Å²) < 4.78 is 0. The van der Waals surface area contributed by atoms with Gasteiger partial charge in [-0.05, 0) is 53.5 Å². The second-order valence-electron chi connectivity index (χ2n) is 6.48. The fourth-order valence-electron chi connectivity index (χ4n) is 3.63. The molecule has 1 saturated carbocycles. The standard InChI is InChI=1S/C19H24O/c1-13-7-10-16(11-8-13)19(20)18-14(2)9-12-15-5-3-4-6-17(15)18/h3-6,9,12-13,16,19-20H,7-8,10-11H2,1-2H3. The molecule has 106 valence electrons. The van der Waals surface area contributed by atoms with Crippen molar-refractivity contribution >= 4 is 10.8 Å². The Kier molecular flexibility index (Phi) is 3.80. The predicted octanol–water partition coefficient (Wildman–Crippen LogP) is 5.01. The number of hydrogen-bond donors (Lipinski definition) is 1. The molecule has 0 saturated heterocycles. The molecule has 20 heavy (non-hydrogen) atoms. The zero-order valence-corrected chi connectivity index (χ0v) is 12.5. The summed E-state index contributed by atoms with van der Waals surface area (Å²) in [6.07, 6.45) is 4.51. The first-order valence-electron chi connectivity index (χ1n) is 7.83. The van der Waals surface area contributed by atoms with Crippen molar-refractivity contribution < 1.29 is 5.11 Å². The van der Waals surface area contributed by atoms with Crippen LogP contribution in [-0.2, 0) is 0 Å². The molecule has 2 aromatic rings. The van der Waals surface area contributed by atoms with E-state index >= 15 is 0 Å². The fourth-order valence-corrected chi connectivity index (χ4v) is 3.63. The van der Waals surface area contributed by atoms with Gasteiger partial charge in [0.25, 0.3) is 0 Å². The van der Waals surface area contributed by atoms with Crippen molar-refractivity contribution in [2.75, 3.05) is 0 Å². The Hall–Kier alpha value is -1.34. The van der Waals surface area contributed by atoms with Gasteiger partial charge in [-0.15, -0.1) is 0 Å². The lowest BCUT2D eigenvalue weighted by Gasteiger charge is -2.31. The fraction of sp³-hybridized carbons (Fsp3) is 0.474. The Labute approximate surface area is 121 Å². The first-order chi connectivity index (χ1) is 9.66. The third-order valence-electron chi connectivity index (χ3n) is 4.99. The molecule has 1 N–H and O–H groups in total. The van der Waals surface area contributed by atoms with Gasteiger partial charge in [0.2, 0.25) is 0 Å². The lowest BCUT2D eigenvalue weighted by molar-refractivity contribution is 0.0762. The smallest absolute Gasteiger partial charge is 0.0826 e. The molecule has 0 aromatic heterocycles. The van der Waals surface area contributed by atoms with Crippen molar-refractivity contribution in [2.45, 2.75) is 45.6 Å². The van der Waals surface area contributed by atoms with E-state index < -0.39 is 0 Å². The van der Waals surface area contributed by atoms with Crippen LogP contribution in [0.3, 0.4) is 0 Å². The largest absolute Gasteiger partial charge is 0.388 e. The van der Waals surface area contributed by atoms with Crippen LogP contribution in [0.4, 0.5) is 0 Å². The molecule has 0 spiro atoms. The molecule has 1 heteroatoms. The van der Waals surface area contributed by atoms with Crippen LogP contribution in [0.15, 0.2) is 36.4 Å². The summed E-state index contributed by atoms with van der Waals surface area (Å²) in [7, 11) is 0. The molecule has 3 rings (SSSR count). The topological polar surface area (TPSA) is 20.2 Å². The monoisotopic (exact) mass is 268 g/mol. The molecule has 1 atom stereocenters. The van der Waals surface area contributed by atoms with Gasteiger partial charge in [-0.1, -0.05) is 56.2 Å². The second-order valence-corrected chi connectivity index (χ2v) is 6.48. The minimum Gasteiger partial charge on any atom is -0.388 e. The SMILES string of the molecule is Cc1ccc2ccccc2c1C(O)C1CCC(C)CC1. The van der Waals surface area contributed by atoms with Gasteiger partial charge in [-0.2, -0.15) is 0 Å². The molecule has 0 bridgehead atoms. The van der Waals surface area contributed by atoms with Gasteiger partial charge < -0.3 is 5.11 Å². The average molecular weight is 268 g/mol. The maximum atomic E-state index is 10.9. The Bertz CT molecular complexity index is 594. The third-order valence-corrected chi connectivity index (χ3v) is 4.99. The van der Waals surface area contributed by atoms with Gasteiger partial charge in [0.1, 0.15) is 0 Å². The molecule has 2 aromatic carbocycles. The molecular weight excluding hydrogens is 244 g/mol. The Morgan fingerprint density at radius 2 is 1.70 bits per heavy atom. The summed E-state index contributed by atoms with van der Waals surface area (Å²) in [4.78, 5) is 0. The quantitative estimate of drug-likeness (QED) is 0.812. The van der Waals surface area contributed by atoms with Gasteiger partial charge in [0.05, 0.1) is 6.10 Å². The molecule has 1 nitrogen and oxygen atoms in total. The van der Waals surface area contributed by atoms with Crippen LogP contribution in [-0.4, -0.2) is 5.11 Å². The van der Waals surface area contributed by atoms with E-state index in [1.54, 1.807) is 0 Å². The van der Waals surface area contributed by atoms with E-state index in [1.807, 2.05) is 0 Å². The molecule has 0 heterocycles. The summed E-state index contributed by atoms with van der Waals surface area (Å²) in [5.41, 5.74) is 2.37. The van der Waals surface area contributed by atoms with E-state index in [4.69, 9.17) is 0 Å². The maximum Gasteiger partial charge on any atom is 0.0826 e. The highest BCUT2D eigenvalue weighted by Crippen LogP contribution is 2.39. The molecular formula is C19H24O. The number of aliphatic hydroxyl groups is 1. The van der Waals surface area contributed by atoms with E-state index in [0.717, 1.165) is 24.3 Å². The molecule has 0 amide bonds. The number of hydrogen-bond acceptors (Lipinski definition) is 1. The first kappa shape index (κ1) is 13.6. The van der Waals surface area contributed by atoms with Crippen LogP contribution < -0.4 is 0 Å². The number of fused-ring (bicyclic) bond motifs is 1. The summed E-state index contributed by atoms with van der Waals surface area (Å²) in [6.45, 7) is 4.45. The predicted molar refractivity (Wildman–Crippen MR) is 84.8 cm³/mol. The van der Waals surface area contributed by atoms with Crippen LogP contribution in [0.1, 0.15) is 49.8 Å². The van der Waals surface area contributed by atoms with Crippen LogP contribution in [0.25, 0.3) is 10.8 Å². The number of rotatable bonds is 2. The molecule has 1 aliphatic carbocycles. The van der Waals surface area contributed by atoms with Gasteiger partial charge in [0, 0.05) is 0 Å². The van der Waals surface area contributed by atoms with Crippen LogP contribution in [0.5, 0.6) is 0 Å². The van der Waals surface area contributed by atoms with Crippen molar-refractivity contribution in [2.24, 2.45) is 11.8 Å². The summed E-state index contributed by atoms with van der Waals surface area (Å²) in [5, 5.41) is 13.4.